The number of halogens is 4. The molecule has 4 aromatic rings. The summed E-state index contributed by atoms with van der Waals surface area (Å²) in [5.41, 5.74) is 3.37. The fourth-order valence-corrected chi connectivity index (χ4v) is 3.28. The molecule has 3 nitrogen and oxygen atoms in total. The highest BCUT2D eigenvalue weighted by atomic mass is 35.5. The van der Waals surface area contributed by atoms with Gasteiger partial charge in [-0.15, -0.1) is 0 Å². The zero-order valence-corrected chi connectivity index (χ0v) is 17.0. The van der Waals surface area contributed by atoms with Crippen molar-refractivity contribution in [1.82, 2.24) is 9.97 Å². The monoisotopic (exact) mass is 442 g/mol. The predicted molar refractivity (Wildman–Crippen MR) is 114 cm³/mol. The maximum Gasteiger partial charge on any atom is 0.317 e. The van der Waals surface area contributed by atoms with E-state index in [9.17, 15) is 8.78 Å². The van der Waals surface area contributed by atoms with Gasteiger partial charge in [0.1, 0.15) is 6.61 Å². The topological polar surface area (TPSA) is 35.0 Å². The number of nitrogens with zero attached hydrogens (tertiary/aromatic N) is 2. The molecule has 0 radical (unpaired) electrons. The van der Waals surface area contributed by atoms with Crippen molar-refractivity contribution in [2.24, 2.45) is 0 Å². The van der Waals surface area contributed by atoms with E-state index in [-0.39, 0.29) is 12.6 Å². The van der Waals surface area contributed by atoms with Crippen molar-refractivity contribution >= 4 is 23.2 Å². The van der Waals surface area contributed by atoms with Crippen molar-refractivity contribution in [3.05, 3.63) is 100 Å². The molecule has 0 saturated carbocycles. The fourth-order valence-electron chi connectivity index (χ4n) is 2.92. The Balaban J connectivity index is 1.71. The predicted octanol–water partition coefficient (Wildman–Crippen LogP) is 6.97. The highest BCUT2D eigenvalue weighted by Crippen LogP contribution is 2.35. The molecular weight excluding hydrogens is 429 g/mol. The second kappa shape index (κ2) is 8.78. The maximum absolute atomic E-state index is 13.4. The number of benzene rings is 3. The summed E-state index contributed by atoms with van der Waals surface area (Å²) in [6, 6.07) is 18.2. The lowest BCUT2D eigenvalue weighted by atomic mass is 10.0. The maximum atomic E-state index is 13.4. The second-order valence-corrected chi connectivity index (χ2v) is 7.28. The van der Waals surface area contributed by atoms with Crippen molar-refractivity contribution in [2.45, 2.75) is 6.61 Å². The molecule has 0 aliphatic rings. The standard InChI is InChI=1S/C23H14Cl2F2N2O/c24-16-8-6-15(7-9-16)22-18(17-3-1-2-4-19(17)25)12-28-23(29-22)30-13-14-5-10-20(26)21(27)11-14/h1-12H,13H2. The van der Waals surface area contributed by atoms with Crippen LogP contribution in [0.3, 0.4) is 0 Å². The first-order valence-electron chi connectivity index (χ1n) is 8.96. The van der Waals surface area contributed by atoms with E-state index in [0.717, 1.165) is 28.8 Å². The van der Waals surface area contributed by atoms with Crippen molar-refractivity contribution in [3.8, 4) is 28.4 Å². The van der Waals surface area contributed by atoms with Gasteiger partial charge in [0.15, 0.2) is 11.6 Å². The molecule has 1 heterocycles. The number of hydrogen-bond acceptors (Lipinski definition) is 3. The van der Waals surface area contributed by atoms with Crippen LogP contribution >= 0.6 is 23.2 Å². The smallest absolute Gasteiger partial charge is 0.317 e. The molecule has 0 N–H and O–H groups in total. The SMILES string of the molecule is Fc1ccc(COc2ncc(-c3ccccc3Cl)c(-c3ccc(Cl)cc3)n2)cc1F. The molecule has 0 fully saturated rings. The van der Waals surface area contributed by atoms with E-state index in [1.807, 2.05) is 30.3 Å². The molecule has 0 atom stereocenters. The second-order valence-electron chi connectivity index (χ2n) is 6.44. The third-order valence-corrected chi connectivity index (χ3v) is 4.98. The Bertz CT molecular complexity index is 1200. The number of hydrogen-bond donors (Lipinski definition) is 0. The molecule has 4 rings (SSSR count). The summed E-state index contributed by atoms with van der Waals surface area (Å²) < 4.78 is 32.1. The Kier molecular flexibility index (Phi) is 5.93. The largest absolute Gasteiger partial charge is 0.459 e. The van der Waals surface area contributed by atoms with Gasteiger partial charge in [-0.05, 0) is 35.9 Å². The minimum atomic E-state index is -0.937. The van der Waals surface area contributed by atoms with Gasteiger partial charge in [0.25, 0.3) is 0 Å². The first-order chi connectivity index (χ1) is 14.5. The number of ether oxygens (including phenoxy) is 1. The fraction of sp³-hybridized carbons (Fsp3) is 0.0435. The molecule has 3 aromatic carbocycles. The van der Waals surface area contributed by atoms with Crippen LogP contribution in [-0.2, 0) is 6.61 Å². The molecule has 0 saturated heterocycles. The Hall–Kier alpha value is -3.02. The molecule has 0 spiro atoms. The lowest BCUT2D eigenvalue weighted by Gasteiger charge is -2.12. The van der Waals surface area contributed by atoms with Gasteiger partial charge in [0, 0.05) is 32.9 Å². The molecule has 0 amide bonds. The molecule has 30 heavy (non-hydrogen) atoms. The van der Waals surface area contributed by atoms with E-state index in [1.54, 1.807) is 24.4 Å². The van der Waals surface area contributed by atoms with E-state index >= 15 is 0 Å². The van der Waals surface area contributed by atoms with Crippen LogP contribution in [0.15, 0.2) is 72.9 Å². The third-order valence-electron chi connectivity index (χ3n) is 4.40. The highest BCUT2D eigenvalue weighted by molar-refractivity contribution is 6.33. The molecule has 0 bridgehead atoms. The third kappa shape index (κ3) is 4.42. The average Bonchev–Trinajstić information content (AvgIpc) is 2.75. The summed E-state index contributed by atoms with van der Waals surface area (Å²) in [7, 11) is 0. The van der Waals surface area contributed by atoms with Crippen LogP contribution < -0.4 is 4.74 Å². The number of aromatic nitrogens is 2. The van der Waals surface area contributed by atoms with Crippen molar-refractivity contribution in [3.63, 3.8) is 0 Å². The molecule has 150 valence electrons. The first-order valence-corrected chi connectivity index (χ1v) is 9.71. The van der Waals surface area contributed by atoms with Crippen molar-refractivity contribution < 1.29 is 13.5 Å². The quantitative estimate of drug-likeness (QED) is 0.334. The summed E-state index contributed by atoms with van der Waals surface area (Å²) in [5.74, 6) is -1.85. The van der Waals surface area contributed by atoms with Crippen molar-refractivity contribution in [2.75, 3.05) is 0 Å². The van der Waals surface area contributed by atoms with Crippen molar-refractivity contribution in [1.29, 1.82) is 0 Å². The Morgan fingerprint density at radius 2 is 1.60 bits per heavy atom. The van der Waals surface area contributed by atoms with E-state index in [0.29, 0.717) is 21.3 Å². The number of rotatable bonds is 5. The average molecular weight is 443 g/mol. The molecule has 0 aliphatic carbocycles. The zero-order chi connectivity index (χ0) is 21.1. The van der Waals surface area contributed by atoms with Gasteiger partial charge in [-0.1, -0.05) is 59.6 Å². The van der Waals surface area contributed by atoms with Crippen LogP contribution in [0, 0.1) is 11.6 Å². The van der Waals surface area contributed by atoms with E-state index in [2.05, 4.69) is 9.97 Å². The Morgan fingerprint density at radius 1 is 0.833 bits per heavy atom. The first kappa shape index (κ1) is 20.3. The van der Waals surface area contributed by atoms with Gasteiger partial charge in [0.05, 0.1) is 5.69 Å². The van der Waals surface area contributed by atoms with Gasteiger partial charge in [0.2, 0.25) is 0 Å². The highest BCUT2D eigenvalue weighted by Gasteiger charge is 2.15. The summed E-state index contributed by atoms with van der Waals surface area (Å²) in [4.78, 5) is 8.81. The van der Waals surface area contributed by atoms with Crippen LogP contribution in [0.25, 0.3) is 22.4 Å². The lowest BCUT2D eigenvalue weighted by molar-refractivity contribution is 0.280. The van der Waals surface area contributed by atoms with E-state index < -0.39 is 11.6 Å². The van der Waals surface area contributed by atoms with Crippen LogP contribution in [0.1, 0.15) is 5.56 Å². The van der Waals surface area contributed by atoms with E-state index in [4.69, 9.17) is 27.9 Å². The van der Waals surface area contributed by atoms with Gasteiger partial charge < -0.3 is 4.74 Å². The van der Waals surface area contributed by atoms with Crippen LogP contribution in [0.5, 0.6) is 6.01 Å². The summed E-state index contributed by atoms with van der Waals surface area (Å²) >= 11 is 12.4. The molecule has 7 heteroatoms. The zero-order valence-electron chi connectivity index (χ0n) is 15.4. The van der Waals surface area contributed by atoms with Gasteiger partial charge in [-0.2, -0.15) is 4.98 Å². The summed E-state index contributed by atoms with van der Waals surface area (Å²) in [6.45, 7) is -0.0112. The van der Waals surface area contributed by atoms with Crippen LogP contribution in [0.2, 0.25) is 10.0 Å². The van der Waals surface area contributed by atoms with Crippen LogP contribution in [-0.4, -0.2) is 9.97 Å². The lowest BCUT2D eigenvalue weighted by Crippen LogP contribution is -2.02. The van der Waals surface area contributed by atoms with Gasteiger partial charge in [-0.3, -0.25) is 0 Å². The minimum Gasteiger partial charge on any atom is -0.459 e. The normalized spacial score (nSPS) is 10.8. The Labute approximate surface area is 181 Å². The van der Waals surface area contributed by atoms with Gasteiger partial charge >= 0.3 is 6.01 Å². The van der Waals surface area contributed by atoms with Gasteiger partial charge in [-0.25, -0.2) is 13.8 Å². The summed E-state index contributed by atoms with van der Waals surface area (Å²) in [6.07, 6.45) is 1.62. The summed E-state index contributed by atoms with van der Waals surface area (Å²) in [5, 5.41) is 1.16. The molecular formula is C23H14Cl2F2N2O. The molecule has 0 unspecified atom stereocenters. The van der Waals surface area contributed by atoms with E-state index in [1.165, 1.54) is 6.07 Å². The molecule has 0 aliphatic heterocycles. The Morgan fingerprint density at radius 3 is 2.33 bits per heavy atom. The van der Waals surface area contributed by atoms with Crippen LogP contribution in [0.4, 0.5) is 8.78 Å². The minimum absolute atomic E-state index is 0.0112. The molecule has 1 aromatic heterocycles.